The standard InChI is InChI=1S/C20H29NO5Si/c1-27(2,3)26-20(24)11-14-25-17-9-7-16(18(22)15-17)8-10-19(23)21-12-5-4-6-13-21/h7-10,15,22H,4-6,11-14H2,1-3H3/b10-8+. The molecule has 1 fully saturated rings. The number of carbonyl (C=O) groups excluding carboxylic acids is 2. The van der Waals surface area contributed by atoms with Gasteiger partial charge in [-0.05, 0) is 57.1 Å². The van der Waals surface area contributed by atoms with Crippen LogP contribution in [0.4, 0.5) is 0 Å². The minimum atomic E-state index is -1.88. The Balaban J connectivity index is 1.84. The third-order valence-electron chi connectivity index (χ3n) is 4.07. The molecule has 1 aromatic carbocycles. The molecule has 2 rings (SSSR count). The van der Waals surface area contributed by atoms with Crippen molar-refractivity contribution < 1.29 is 23.9 Å². The van der Waals surface area contributed by atoms with Gasteiger partial charge in [0.25, 0.3) is 5.97 Å². The number of aromatic hydroxyl groups is 1. The Hall–Kier alpha value is -2.28. The number of rotatable bonds is 7. The molecule has 1 heterocycles. The van der Waals surface area contributed by atoms with E-state index in [9.17, 15) is 14.7 Å². The van der Waals surface area contributed by atoms with Gasteiger partial charge in [0.1, 0.15) is 11.5 Å². The Bertz CT molecular complexity index is 690. The summed E-state index contributed by atoms with van der Waals surface area (Å²) in [4.78, 5) is 25.7. The van der Waals surface area contributed by atoms with E-state index in [0.717, 1.165) is 25.9 Å². The van der Waals surface area contributed by atoms with Gasteiger partial charge in [-0.25, -0.2) is 0 Å². The maximum absolute atomic E-state index is 12.1. The second kappa shape index (κ2) is 9.59. The highest BCUT2D eigenvalue weighted by Gasteiger charge is 2.19. The van der Waals surface area contributed by atoms with Crippen molar-refractivity contribution in [2.24, 2.45) is 0 Å². The molecule has 0 spiro atoms. The number of amides is 1. The zero-order chi connectivity index (χ0) is 19.9. The number of ether oxygens (including phenoxy) is 1. The van der Waals surface area contributed by atoms with Gasteiger partial charge in [0, 0.05) is 30.8 Å². The second-order valence-corrected chi connectivity index (χ2v) is 12.1. The molecule has 0 radical (unpaired) electrons. The number of carbonyl (C=O) groups is 2. The van der Waals surface area contributed by atoms with Crippen LogP contribution in [0, 0.1) is 0 Å². The molecule has 1 aliphatic rings. The van der Waals surface area contributed by atoms with Gasteiger partial charge >= 0.3 is 0 Å². The fourth-order valence-electron chi connectivity index (χ4n) is 2.78. The molecule has 1 aliphatic heterocycles. The van der Waals surface area contributed by atoms with Crippen molar-refractivity contribution in [3.8, 4) is 11.5 Å². The normalized spacial score (nSPS) is 15.0. The second-order valence-electron chi connectivity index (χ2n) is 7.62. The van der Waals surface area contributed by atoms with Crippen LogP contribution in [0.25, 0.3) is 6.08 Å². The lowest BCUT2D eigenvalue weighted by Crippen LogP contribution is -2.34. The first-order valence-corrected chi connectivity index (χ1v) is 12.8. The summed E-state index contributed by atoms with van der Waals surface area (Å²) in [7, 11) is -1.88. The number of hydrogen-bond acceptors (Lipinski definition) is 5. The molecular formula is C20H29NO5Si. The van der Waals surface area contributed by atoms with Crippen LogP contribution >= 0.6 is 0 Å². The Labute approximate surface area is 161 Å². The van der Waals surface area contributed by atoms with Crippen LogP contribution in [0.2, 0.25) is 19.6 Å². The molecular weight excluding hydrogens is 362 g/mol. The molecule has 148 valence electrons. The quantitative estimate of drug-likeness (QED) is 0.568. The molecule has 0 saturated carbocycles. The van der Waals surface area contributed by atoms with E-state index >= 15 is 0 Å². The van der Waals surface area contributed by atoms with E-state index in [1.54, 1.807) is 18.2 Å². The van der Waals surface area contributed by atoms with Gasteiger partial charge in [-0.2, -0.15) is 0 Å². The molecule has 1 saturated heterocycles. The van der Waals surface area contributed by atoms with E-state index in [4.69, 9.17) is 9.16 Å². The summed E-state index contributed by atoms with van der Waals surface area (Å²) in [5, 5.41) is 10.1. The van der Waals surface area contributed by atoms with E-state index in [1.807, 2.05) is 24.5 Å². The summed E-state index contributed by atoms with van der Waals surface area (Å²) in [5.41, 5.74) is 0.547. The van der Waals surface area contributed by atoms with Gasteiger partial charge in [-0.1, -0.05) is 0 Å². The summed E-state index contributed by atoms with van der Waals surface area (Å²) >= 11 is 0. The molecule has 0 unspecified atom stereocenters. The Morgan fingerprint density at radius 1 is 1.19 bits per heavy atom. The van der Waals surface area contributed by atoms with Crippen molar-refractivity contribution in [1.82, 2.24) is 4.90 Å². The lowest BCUT2D eigenvalue weighted by molar-refractivity contribution is -0.135. The molecule has 0 atom stereocenters. The molecule has 1 aromatic rings. The predicted octanol–water partition coefficient (Wildman–Crippen LogP) is 3.56. The molecule has 7 heteroatoms. The maximum atomic E-state index is 12.1. The van der Waals surface area contributed by atoms with Gasteiger partial charge in [-0.3, -0.25) is 9.59 Å². The van der Waals surface area contributed by atoms with E-state index in [2.05, 4.69) is 0 Å². The highest BCUT2D eigenvalue weighted by Crippen LogP contribution is 2.25. The largest absolute Gasteiger partial charge is 0.520 e. The van der Waals surface area contributed by atoms with Gasteiger partial charge in [0.2, 0.25) is 14.2 Å². The molecule has 1 N–H and O–H groups in total. The van der Waals surface area contributed by atoms with Crippen LogP contribution in [-0.4, -0.2) is 49.9 Å². The zero-order valence-electron chi connectivity index (χ0n) is 16.4. The maximum Gasteiger partial charge on any atom is 0.295 e. The SMILES string of the molecule is C[Si](C)(C)OC(=O)CCOc1ccc(/C=C/C(=O)N2CCCCC2)c(O)c1. The minimum absolute atomic E-state index is 0.0277. The first-order valence-electron chi connectivity index (χ1n) is 9.39. The summed E-state index contributed by atoms with van der Waals surface area (Å²) in [6.45, 7) is 7.62. The molecule has 1 amide bonds. The third kappa shape index (κ3) is 7.46. The van der Waals surface area contributed by atoms with Crippen LogP contribution in [-0.2, 0) is 14.0 Å². The van der Waals surface area contributed by atoms with Crippen molar-refractivity contribution in [2.75, 3.05) is 19.7 Å². The molecule has 0 bridgehead atoms. The average Bonchev–Trinajstić information content (AvgIpc) is 2.60. The number of phenols is 1. The minimum Gasteiger partial charge on any atom is -0.520 e. The number of benzene rings is 1. The number of phenolic OH excluding ortho intramolecular Hbond substituents is 1. The number of nitrogens with zero attached hydrogens (tertiary/aromatic N) is 1. The molecule has 6 nitrogen and oxygen atoms in total. The molecule has 0 aliphatic carbocycles. The van der Waals surface area contributed by atoms with Crippen LogP contribution in [0.1, 0.15) is 31.2 Å². The number of piperidine rings is 1. The molecule has 27 heavy (non-hydrogen) atoms. The Kier molecular flexibility index (Phi) is 7.47. The lowest BCUT2D eigenvalue weighted by Gasteiger charge is -2.25. The highest BCUT2D eigenvalue weighted by molar-refractivity contribution is 6.71. The first-order chi connectivity index (χ1) is 12.7. The van der Waals surface area contributed by atoms with E-state index in [-0.39, 0.29) is 30.7 Å². The van der Waals surface area contributed by atoms with Crippen LogP contribution in [0.5, 0.6) is 11.5 Å². The third-order valence-corrected chi connectivity index (χ3v) is 4.91. The lowest BCUT2D eigenvalue weighted by atomic mass is 10.1. The first kappa shape index (κ1) is 21.0. The van der Waals surface area contributed by atoms with Gasteiger partial charge in [0.15, 0.2) is 0 Å². The van der Waals surface area contributed by atoms with Gasteiger partial charge in [0.05, 0.1) is 13.0 Å². The topological polar surface area (TPSA) is 76.1 Å². The van der Waals surface area contributed by atoms with Crippen molar-refractivity contribution in [3.05, 3.63) is 29.8 Å². The van der Waals surface area contributed by atoms with Crippen molar-refractivity contribution >= 4 is 26.3 Å². The summed E-state index contributed by atoms with van der Waals surface area (Å²) < 4.78 is 10.9. The Morgan fingerprint density at radius 2 is 1.89 bits per heavy atom. The highest BCUT2D eigenvalue weighted by atomic mass is 28.4. The van der Waals surface area contributed by atoms with E-state index < -0.39 is 8.32 Å². The monoisotopic (exact) mass is 391 g/mol. The fourth-order valence-corrected chi connectivity index (χ4v) is 3.56. The summed E-state index contributed by atoms with van der Waals surface area (Å²) in [6, 6.07) is 4.87. The zero-order valence-corrected chi connectivity index (χ0v) is 17.4. The van der Waals surface area contributed by atoms with E-state index in [0.29, 0.717) is 11.3 Å². The average molecular weight is 392 g/mol. The van der Waals surface area contributed by atoms with Crippen LogP contribution in [0.3, 0.4) is 0 Å². The van der Waals surface area contributed by atoms with Crippen LogP contribution < -0.4 is 4.74 Å². The van der Waals surface area contributed by atoms with Gasteiger partial charge < -0.3 is 19.2 Å². The molecule has 0 aromatic heterocycles. The van der Waals surface area contributed by atoms with Crippen molar-refractivity contribution in [3.63, 3.8) is 0 Å². The van der Waals surface area contributed by atoms with Crippen LogP contribution in [0.15, 0.2) is 24.3 Å². The van der Waals surface area contributed by atoms with Crippen molar-refractivity contribution in [2.45, 2.75) is 45.3 Å². The number of hydrogen-bond donors (Lipinski definition) is 1. The number of likely N-dealkylation sites (tertiary alicyclic amines) is 1. The predicted molar refractivity (Wildman–Crippen MR) is 107 cm³/mol. The summed E-state index contributed by atoms with van der Waals surface area (Å²) in [6.07, 6.45) is 6.53. The Morgan fingerprint density at radius 3 is 2.52 bits per heavy atom. The summed E-state index contributed by atoms with van der Waals surface area (Å²) in [5.74, 6) is 0.192. The van der Waals surface area contributed by atoms with E-state index in [1.165, 1.54) is 18.6 Å². The fraction of sp³-hybridized carbons (Fsp3) is 0.500. The van der Waals surface area contributed by atoms with Crippen molar-refractivity contribution in [1.29, 1.82) is 0 Å². The smallest absolute Gasteiger partial charge is 0.295 e. The van der Waals surface area contributed by atoms with Gasteiger partial charge in [-0.15, -0.1) is 0 Å².